The van der Waals surface area contributed by atoms with Crippen molar-refractivity contribution in [2.24, 2.45) is 0 Å². The summed E-state index contributed by atoms with van der Waals surface area (Å²) in [5.41, 5.74) is 1.54. The van der Waals surface area contributed by atoms with Gasteiger partial charge in [-0.05, 0) is 30.2 Å². The van der Waals surface area contributed by atoms with Crippen LogP contribution < -0.4 is 0 Å². The molecule has 0 fully saturated rings. The maximum absolute atomic E-state index is 10.7. The second kappa shape index (κ2) is 8.02. The van der Waals surface area contributed by atoms with Crippen molar-refractivity contribution in [1.29, 1.82) is 0 Å². The molecule has 5 heteroatoms. The summed E-state index contributed by atoms with van der Waals surface area (Å²) < 4.78 is 10.3. The van der Waals surface area contributed by atoms with E-state index in [1.807, 2.05) is 12.1 Å². The van der Waals surface area contributed by atoms with Gasteiger partial charge in [-0.2, -0.15) is 0 Å². The number of aromatic carboxylic acids is 1. The number of aryl methyl sites for hydroxylation is 1. The maximum atomic E-state index is 10.7. The minimum absolute atomic E-state index is 0.0638. The number of hydrogen-bond donors (Lipinski definition) is 1. The van der Waals surface area contributed by atoms with Crippen molar-refractivity contribution in [3.8, 4) is 0 Å². The Hall–Kier alpha value is -1.17. The minimum Gasteiger partial charge on any atom is -0.478 e. The van der Waals surface area contributed by atoms with Crippen molar-refractivity contribution >= 4 is 15.5 Å². The fourth-order valence-corrected chi connectivity index (χ4v) is 3.54. The highest BCUT2D eigenvalue weighted by Gasteiger charge is 2.05. The van der Waals surface area contributed by atoms with E-state index in [1.165, 1.54) is 11.6 Å². The summed E-state index contributed by atoms with van der Waals surface area (Å²) >= 11 is 0. The first-order chi connectivity index (χ1) is 8.67. The van der Waals surface area contributed by atoms with Gasteiger partial charge in [-0.3, -0.25) is 0 Å². The van der Waals surface area contributed by atoms with Crippen LogP contribution in [0.4, 0.5) is 0 Å². The average molecular weight is 268 g/mol. The van der Waals surface area contributed by atoms with E-state index in [2.05, 4.69) is 0 Å². The molecule has 1 rings (SSSR count). The second-order valence-corrected chi connectivity index (χ2v) is 6.14. The number of benzene rings is 1. The average Bonchev–Trinajstić information content (AvgIpc) is 2.39. The first kappa shape index (κ1) is 14.9. The zero-order valence-electron chi connectivity index (χ0n) is 10.9. The van der Waals surface area contributed by atoms with E-state index in [-0.39, 0.29) is 15.8 Å². The Balaban J connectivity index is 2.29. The predicted molar refractivity (Wildman–Crippen MR) is 73.1 cm³/mol. The number of rotatable bonds is 8. The van der Waals surface area contributed by atoms with Crippen molar-refractivity contribution in [3.05, 3.63) is 35.4 Å². The molecule has 100 valence electrons. The molecule has 1 aromatic carbocycles. The van der Waals surface area contributed by atoms with Crippen LogP contribution in [0.5, 0.6) is 0 Å². The van der Waals surface area contributed by atoms with E-state index in [1.54, 1.807) is 26.4 Å². The van der Waals surface area contributed by atoms with Gasteiger partial charge >= 0.3 is 5.97 Å². The molecular formula is C13H20O4Si. The molecule has 0 heterocycles. The molecule has 0 saturated carbocycles. The molecule has 0 aromatic heterocycles. The van der Waals surface area contributed by atoms with Crippen molar-refractivity contribution in [1.82, 2.24) is 0 Å². The van der Waals surface area contributed by atoms with Gasteiger partial charge in [0.25, 0.3) is 0 Å². The molecule has 0 bridgehead atoms. The Morgan fingerprint density at radius 1 is 1.28 bits per heavy atom. The molecule has 0 aliphatic rings. The van der Waals surface area contributed by atoms with Crippen LogP contribution in [0.1, 0.15) is 15.9 Å². The van der Waals surface area contributed by atoms with Crippen LogP contribution in [0.3, 0.4) is 0 Å². The van der Waals surface area contributed by atoms with Crippen LogP contribution in [0.15, 0.2) is 24.3 Å². The van der Waals surface area contributed by atoms with E-state index in [0.29, 0.717) is 5.56 Å². The van der Waals surface area contributed by atoms with Crippen LogP contribution in [0.2, 0.25) is 12.1 Å². The molecule has 0 amide bonds. The number of carboxylic acids is 1. The molecule has 4 nitrogen and oxygen atoms in total. The summed E-state index contributed by atoms with van der Waals surface area (Å²) in [6.07, 6.45) is 0.942. The van der Waals surface area contributed by atoms with E-state index in [0.717, 1.165) is 12.5 Å². The Labute approximate surface area is 110 Å². The van der Waals surface area contributed by atoms with Crippen LogP contribution in [0.25, 0.3) is 0 Å². The lowest BCUT2D eigenvalue weighted by Gasteiger charge is -2.12. The topological polar surface area (TPSA) is 55.8 Å². The molecule has 1 N–H and O–H groups in total. The summed E-state index contributed by atoms with van der Waals surface area (Å²) in [6.45, 7) is 0. The minimum atomic E-state index is -0.876. The number of carboxylic acid groups (broad SMARTS) is 1. The van der Waals surface area contributed by atoms with Gasteiger partial charge in [-0.15, -0.1) is 0 Å². The first-order valence-corrected chi connectivity index (χ1v) is 8.05. The third-order valence-electron chi connectivity index (χ3n) is 2.88. The third-order valence-corrected chi connectivity index (χ3v) is 4.62. The van der Waals surface area contributed by atoms with Crippen LogP contribution in [0, 0.1) is 0 Å². The first-order valence-electron chi connectivity index (χ1n) is 6.05. The van der Waals surface area contributed by atoms with E-state index >= 15 is 0 Å². The Morgan fingerprint density at radius 2 is 1.89 bits per heavy atom. The van der Waals surface area contributed by atoms with Gasteiger partial charge in [-0.25, -0.2) is 4.79 Å². The Bertz CT molecular complexity index is 360. The van der Waals surface area contributed by atoms with Gasteiger partial charge in [0.15, 0.2) is 6.29 Å². The van der Waals surface area contributed by atoms with Gasteiger partial charge in [-0.1, -0.05) is 18.2 Å². The van der Waals surface area contributed by atoms with Gasteiger partial charge in [0.1, 0.15) is 0 Å². The number of methoxy groups -OCH3 is 2. The molecule has 0 saturated heterocycles. The molecule has 0 spiro atoms. The second-order valence-electron chi connectivity index (χ2n) is 4.15. The number of hydrogen-bond acceptors (Lipinski definition) is 3. The summed E-state index contributed by atoms with van der Waals surface area (Å²) in [6, 6.07) is 9.29. The SMILES string of the molecule is COC(C[SiH2]CCc1ccc(C(=O)O)cc1)OC. The van der Waals surface area contributed by atoms with Crippen molar-refractivity contribution in [2.45, 2.75) is 24.8 Å². The lowest BCUT2D eigenvalue weighted by Crippen LogP contribution is -2.15. The zero-order valence-corrected chi connectivity index (χ0v) is 12.3. The number of carbonyl (C=O) groups is 1. The highest BCUT2D eigenvalue weighted by Crippen LogP contribution is 2.08. The molecule has 0 aliphatic heterocycles. The normalized spacial score (nSPS) is 11.5. The lowest BCUT2D eigenvalue weighted by atomic mass is 10.1. The van der Waals surface area contributed by atoms with Crippen molar-refractivity contribution < 1.29 is 19.4 Å². The van der Waals surface area contributed by atoms with Gasteiger partial charge in [0.05, 0.1) is 5.56 Å². The molecular weight excluding hydrogens is 248 g/mol. The standard InChI is InChI=1S/C13H20O4Si/c1-16-12(17-2)9-18-8-7-10-3-5-11(6-4-10)13(14)15/h3-6,12H,7-9,18H2,1-2H3,(H,14,15). The quantitative estimate of drug-likeness (QED) is 0.441. The largest absolute Gasteiger partial charge is 0.478 e. The summed E-state index contributed by atoms with van der Waals surface area (Å²) in [5.74, 6) is -0.876. The van der Waals surface area contributed by atoms with E-state index < -0.39 is 5.97 Å². The smallest absolute Gasteiger partial charge is 0.335 e. The predicted octanol–water partition coefficient (Wildman–Crippen LogP) is 1.55. The lowest BCUT2D eigenvalue weighted by molar-refractivity contribution is -0.0876. The zero-order chi connectivity index (χ0) is 13.4. The Morgan fingerprint density at radius 3 is 2.39 bits per heavy atom. The van der Waals surface area contributed by atoms with Crippen LogP contribution >= 0.6 is 0 Å². The summed E-state index contributed by atoms with van der Waals surface area (Å²) in [7, 11) is 3.13. The van der Waals surface area contributed by atoms with Crippen LogP contribution in [-0.4, -0.2) is 41.1 Å². The summed E-state index contributed by atoms with van der Waals surface area (Å²) in [4.78, 5) is 10.7. The van der Waals surface area contributed by atoms with E-state index in [9.17, 15) is 4.79 Å². The van der Waals surface area contributed by atoms with Crippen molar-refractivity contribution in [3.63, 3.8) is 0 Å². The van der Waals surface area contributed by atoms with Gasteiger partial charge < -0.3 is 14.6 Å². The highest BCUT2D eigenvalue weighted by molar-refractivity contribution is 6.35. The molecule has 1 aromatic rings. The van der Waals surface area contributed by atoms with Gasteiger partial charge in [0.2, 0.25) is 0 Å². The Kier molecular flexibility index (Phi) is 6.63. The molecule has 0 atom stereocenters. The molecule has 0 unspecified atom stereocenters. The number of ether oxygens (including phenoxy) is 2. The van der Waals surface area contributed by atoms with Gasteiger partial charge in [0, 0.05) is 23.7 Å². The maximum Gasteiger partial charge on any atom is 0.335 e. The molecule has 0 radical (unpaired) electrons. The summed E-state index contributed by atoms with van der Waals surface area (Å²) in [5, 5.41) is 8.78. The fraction of sp³-hybridized carbons (Fsp3) is 0.462. The van der Waals surface area contributed by atoms with Crippen LogP contribution in [-0.2, 0) is 15.9 Å². The molecule has 18 heavy (non-hydrogen) atoms. The molecule has 0 aliphatic carbocycles. The third kappa shape index (κ3) is 4.99. The monoisotopic (exact) mass is 268 g/mol. The highest BCUT2D eigenvalue weighted by atomic mass is 28.2. The van der Waals surface area contributed by atoms with E-state index in [4.69, 9.17) is 14.6 Å². The fourth-order valence-electron chi connectivity index (χ4n) is 1.79. The van der Waals surface area contributed by atoms with Crippen molar-refractivity contribution in [2.75, 3.05) is 14.2 Å².